The van der Waals surface area contributed by atoms with Gasteiger partial charge in [-0.2, -0.15) is 0 Å². The highest BCUT2D eigenvalue weighted by Crippen LogP contribution is 1.61. The van der Waals surface area contributed by atoms with E-state index >= 15 is 0 Å². The molecule has 0 spiro atoms. The van der Waals surface area contributed by atoms with Gasteiger partial charge < -0.3 is 14.6 Å². The zero-order valence-corrected chi connectivity index (χ0v) is 3.51. The van der Waals surface area contributed by atoms with Gasteiger partial charge in [0.25, 0.3) is 0 Å². The number of carboxylic acid groups (broad SMARTS) is 1. The first-order chi connectivity index (χ1) is 2.77. The molecule has 3 heteroatoms. The lowest BCUT2D eigenvalue weighted by atomic mass is 10.8. The number of aliphatic carboxylic acids is 1. The van der Waals surface area contributed by atoms with Crippen molar-refractivity contribution in [2.45, 2.75) is 0 Å². The Labute approximate surface area is 35.5 Å². The van der Waals surface area contributed by atoms with Gasteiger partial charge in [0.1, 0.15) is 0 Å². The molecule has 0 aromatic carbocycles. The molecule has 0 amide bonds. The highest BCUT2D eigenvalue weighted by atomic mass is 16.5. The summed E-state index contributed by atoms with van der Waals surface area (Å²) in [7, 11) is 1.38. The van der Waals surface area contributed by atoms with Crippen LogP contribution in [0.4, 0.5) is 0 Å². The van der Waals surface area contributed by atoms with Gasteiger partial charge in [0.2, 0.25) is 6.61 Å². The molecule has 0 saturated carbocycles. The van der Waals surface area contributed by atoms with Crippen LogP contribution >= 0.6 is 0 Å². The Morgan fingerprint density at radius 3 is 2.50 bits per heavy atom. The van der Waals surface area contributed by atoms with Crippen LogP contribution in [0.5, 0.6) is 0 Å². The minimum atomic E-state index is -0.683. The predicted molar refractivity (Wildman–Crippen MR) is 21.4 cm³/mol. The molecule has 0 unspecified atom stereocenters. The van der Waals surface area contributed by atoms with Crippen LogP contribution in [0.2, 0.25) is 0 Å². The monoisotopic (exact) mass is 91.0 g/mol. The van der Waals surface area contributed by atoms with Gasteiger partial charge >= 0.3 is 5.97 Å². The van der Waals surface area contributed by atoms with Crippen molar-refractivity contribution in [3.05, 3.63) is 0 Å². The normalized spacial score (nSPS) is 8.17. The van der Waals surface area contributed by atoms with Gasteiger partial charge in [-0.15, -0.1) is 0 Å². The zero-order valence-electron chi connectivity index (χ0n) is 3.51. The fourth-order valence-electron chi connectivity index (χ4n) is 0.129. The van der Waals surface area contributed by atoms with E-state index in [-0.39, 0.29) is 6.61 Å². The van der Waals surface area contributed by atoms with Crippen LogP contribution in [0.15, 0.2) is 0 Å². The van der Waals surface area contributed by atoms with Crippen LogP contribution < -0.4 is 0 Å². The summed E-state index contributed by atoms with van der Waals surface area (Å²) < 4.78 is 4.27. The highest BCUT2D eigenvalue weighted by molar-refractivity contribution is 5.69. The van der Waals surface area contributed by atoms with Crippen molar-refractivity contribution in [1.29, 1.82) is 0 Å². The summed E-state index contributed by atoms with van der Waals surface area (Å²) in [6.45, 7) is -0.0972. The Balaban J connectivity index is 2.83. The minimum absolute atomic E-state index is 0.0972. The summed E-state index contributed by atoms with van der Waals surface area (Å²) in [5.74, 6) is -0.683. The van der Waals surface area contributed by atoms with Gasteiger partial charge in [0, 0.05) is 7.11 Å². The number of hydrogen-bond donors (Lipinski definition) is 1. The second kappa shape index (κ2) is 2.66. The van der Waals surface area contributed by atoms with E-state index in [0.717, 1.165) is 0 Å². The molecular weight excluding hydrogens is 84.0 g/mol. The van der Waals surface area contributed by atoms with Crippen LogP contribution in [0.3, 0.4) is 0 Å². The topological polar surface area (TPSA) is 50.9 Å². The van der Waals surface area contributed by atoms with Crippen LogP contribution in [0.1, 0.15) is 0 Å². The quantitative estimate of drug-likeness (QED) is 0.474. The van der Waals surface area contributed by atoms with Gasteiger partial charge in [-0.3, -0.25) is 0 Å². The summed E-state index contributed by atoms with van der Waals surface area (Å²) in [5, 5.41) is 7.90. The van der Waals surface area contributed by atoms with Crippen LogP contribution in [-0.4, -0.2) is 29.6 Å². The van der Waals surface area contributed by atoms with Gasteiger partial charge in [0.05, 0.1) is 0 Å². The van der Waals surface area contributed by atoms with Crippen LogP contribution in [-0.2, 0) is 4.74 Å². The molecule has 36 valence electrons. The van der Waals surface area contributed by atoms with E-state index in [0.29, 0.717) is 0 Å². The molecule has 0 radical (unpaired) electrons. The molecule has 0 aromatic heterocycles. The van der Waals surface area contributed by atoms with Crippen molar-refractivity contribution in [1.82, 2.24) is 0 Å². The van der Waals surface area contributed by atoms with Crippen molar-refractivity contribution in [3.63, 3.8) is 0 Å². The molecule has 0 aromatic rings. The largest absolute Gasteiger partial charge is 0.507 e. The summed E-state index contributed by atoms with van der Waals surface area (Å²) in [5.41, 5.74) is 0. The van der Waals surface area contributed by atoms with Crippen molar-refractivity contribution in [3.8, 4) is 0 Å². The molecule has 0 saturated heterocycles. The lowest BCUT2D eigenvalue weighted by Gasteiger charge is -1.77. The number of carboxylic acids is 1. The van der Waals surface area contributed by atoms with Crippen LogP contribution in [0, 0.1) is 0 Å². The van der Waals surface area contributed by atoms with E-state index in [1.165, 1.54) is 7.11 Å². The third kappa shape index (κ3) is 3.43. The summed E-state index contributed by atoms with van der Waals surface area (Å²) in [6.07, 6.45) is 0. The first-order valence-corrected chi connectivity index (χ1v) is 1.50. The average molecular weight is 91.1 g/mol. The predicted octanol–water partition coefficient (Wildman–Crippen LogP) is -0.307. The standard InChI is InChI=1S/C3H6O3/c1-6-2-3(4)5/h2H2,1H3,(H,4,5)/p+1. The molecule has 0 aliphatic carbocycles. The van der Waals surface area contributed by atoms with Crippen LogP contribution in [0.25, 0.3) is 0 Å². The average Bonchev–Trinajstić information content (AvgIpc) is 1.35. The van der Waals surface area contributed by atoms with Crippen molar-refractivity contribution >= 4 is 5.97 Å². The lowest BCUT2D eigenvalue weighted by molar-refractivity contribution is 0.216. The third-order valence-electron chi connectivity index (χ3n) is 0.273. The molecule has 0 fully saturated rings. The third-order valence-corrected chi connectivity index (χ3v) is 0.273. The minimum Gasteiger partial charge on any atom is -0.367 e. The smallest absolute Gasteiger partial charge is 0.367 e. The van der Waals surface area contributed by atoms with Crippen molar-refractivity contribution < 1.29 is 14.6 Å². The van der Waals surface area contributed by atoms with Crippen molar-refractivity contribution in [2.75, 3.05) is 13.7 Å². The van der Waals surface area contributed by atoms with E-state index in [2.05, 4.69) is 4.74 Å². The molecule has 0 rings (SSSR count). The molecule has 0 aliphatic rings. The van der Waals surface area contributed by atoms with E-state index in [1.54, 1.807) is 0 Å². The first-order valence-electron chi connectivity index (χ1n) is 1.50. The highest BCUT2D eigenvalue weighted by Gasteiger charge is 1.97. The second-order valence-electron chi connectivity index (χ2n) is 0.849. The number of aliphatic hydroxyl groups excluding tert-OH is 1. The zero-order chi connectivity index (χ0) is 4.99. The molecule has 0 aliphatic heterocycles. The molecule has 0 atom stereocenters. The Kier molecular flexibility index (Phi) is 2.40. The second-order valence-corrected chi connectivity index (χ2v) is 0.849. The number of rotatable bonds is 2. The Morgan fingerprint density at radius 2 is 2.50 bits per heavy atom. The Hall–Kier alpha value is -0.570. The van der Waals surface area contributed by atoms with Gasteiger partial charge in [-0.1, -0.05) is 0 Å². The van der Waals surface area contributed by atoms with Gasteiger partial charge in [0.15, 0.2) is 0 Å². The van der Waals surface area contributed by atoms with E-state index < -0.39 is 5.97 Å². The maximum atomic E-state index is 7.90. The maximum Gasteiger partial charge on any atom is 0.507 e. The van der Waals surface area contributed by atoms with E-state index in [9.17, 15) is 0 Å². The van der Waals surface area contributed by atoms with Gasteiger partial charge in [-0.25, -0.2) is 0 Å². The summed E-state index contributed by atoms with van der Waals surface area (Å²) >= 11 is 0. The molecule has 2 N–H and O–H groups in total. The Bertz CT molecular complexity index is 50.0. The molecular formula is C3H7O3+. The SMILES string of the molecule is COCC(O)=[OH+]. The maximum absolute atomic E-state index is 7.90. The number of methoxy groups -OCH3 is 1. The number of hydrogen-bond acceptors (Lipinski definition) is 1. The fraction of sp³-hybridized carbons (Fsp3) is 0.667. The summed E-state index contributed by atoms with van der Waals surface area (Å²) in [4.78, 5) is 7.90. The molecule has 0 heterocycles. The lowest BCUT2D eigenvalue weighted by Crippen LogP contribution is -2.03. The van der Waals surface area contributed by atoms with E-state index in [1.807, 2.05) is 0 Å². The number of ether oxygens (including phenoxy) is 1. The summed E-state index contributed by atoms with van der Waals surface area (Å²) in [6, 6.07) is 0. The van der Waals surface area contributed by atoms with Gasteiger partial charge in [-0.05, 0) is 0 Å². The molecule has 6 heavy (non-hydrogen) atoms. The van der Waals surface area contributed by atoms with E-state index in [4.69, 9.17) is 9.90 Å². The first kappa shape index (κ1) is 5.43. The molecule has 3 nitrogen and oxygen atoms in total. The molecule has 0 bridgehead atoms. The van der Waals surface area contributed by atoms with Crippen molar-refractivity contribution in [2.24, 2.45) is 0 Å². The Morgan fingerprint density at radius 1 is 2.00 bits per heavy atom. The fourth-order valence-corrected chi connectivity index (χ4v) is 0.129.